The van der Waals surface area contributed by atoms with E-state index >= 15 is 0 Å². The molecule has 0 aromatic carbocycles. The first-order valence-corrected chi connectivity index (χ1v) is 3.68. The highest BCUT2D eigenvalue weighted by atomic mass is 16.3. The first-order chi connectivity index (χ1) is 4.29. The van der Waals surface area contributed by atoms with E-state index in [0.717, 1.165) is 25.4 Å². The second-order valence-electron chi connectivity index (χ2n) is 2.94. The molecular formula is C7H15NO. The van der Waals surface area contributed by atoms with Gasteiger partial charge in [0.15, 0.2) is 0 Å². The van der Waals surface area contributed by atoms with E-state index < -0.39 is 0 Å². The summed E-state index contributed by atoms with van der Waals surface area (Å²) in [6, 6.07) is 0. The van der Waals surface area contributed by atoms with Gasteiger partial charge in [-0.2, -0.15) is 0 Å². The third-order valence-corrected chi connectivity index (χ3v) is 1.84. The predicted molar refractivity (Wildman–Crippen MR) is 37.3 cm³/mol. The second-order valence-corrected chi connectivity index (χ2v) is 2.94. The number of aliphatic hydroxyl groups is 1. The van der Waals surface area contributed by atoms with Gasteiger partial charge in [0.2, 0.25) is 0 Å². The third-order valence-electron chi connectivity index (χ3n) is 1.84. The largest absolute Gasteiger partial charge is 0.393 e. The second kappa shape index (κ2) is 3.18. The summed E-state index contributed by atoms with van der Waals surface area (Å²) in [5.41, 5.74) is 0. The summed E-state index contributed by atoms with van der Waals surface area (Å²) in [4.78, 5) is 0. The molecule has 0 spiro atoms. The molecule has 9 heavy (non-hydrogen) atoms. The highest BCUT2D eigenvalue weighted by Crippen LogP contribution is 2.13. The summed E-state index contributed by atoms with van der Waals surface area (Å²) in [5.74, 6) is 0.727. The van der Waals surface area contributed by atoms with Crippen molar-refractivity contribution in [3.63, 3.8) is 0 Å². The van der Waals surface area contributed by atoms with Crippen LogP contribution in [0.1, 0.15) is 19.8 Å². The van der Waals surface area contributed by atoms with Crippen LogP contribution in [0.25, 0.3) is 0 Å². The van der Waals surface area contributed by atoms with Crippen LogP contribution in [0.15, 0.2) is 0 Å². The van der Waals surface area contributed by atoms with Gasteiger partial charge in [-0.25, -0.2) is 0 Å². The molecule has 0 aliphatic carbocycles. The van der Waals surface area contributed by atoms with E-state index in [2.05, 4.69) is 5.32 Å². The monoisotopic (exact) mass is 129 g/mol. The van der Waals surface area contributed by atoms with Crippen LogP contribution in [0.5, 0.6) is 0 Å². The molecule has 1 fully saturated rings. The van der Waals surface area contributed by atoms with E-state index in [4.69, 9.17) is 5.11 Å². The minimum Gasteiger partial charge on any atom is -0.393 e. The molecule has 0 amide bonds. The lowest BCUT2D eigenvalue weighted by atomic mass is 10.0. The third kappa shape index (κ3) is 2.33. The Hall–Kier alpha value is -0.0800. The SMILES string of the molecule is CC(O)C[C@@H]1CCNC1. The van der Waals surface area contributed by atoms with Gasteiger partial charge in [-0.1, -0.05) is 0 Å². The van der Waals surface area contributed by atoms with E-state index in [-0.39, 0.29) is 6.10 Å². The quantitative estimate of drug-likeness (QED) is 0.564. The molecule has 0 radical (unpaired) electrons. The summed E-state index contributed by atoms with van der Waals surface area (Å²) in [7, 11) is 0. The number of rotatable bonds is 2. The van der Waals surface area contributed by atoms with Crippen molar-refractivity contribution in [2.24, 2.45) is 5.92 Å². The molecule has 1 aliphatic rings. The molecular weight excluding hydrogens is 114 g/mol. The Balaban J connectivity index is 2.11. The summed E-state index contributed by atoms with van der Waals surface area (Å²) < 4.78 is 0. The zero-order valence-electron chi connectivity index (χ0n) is 5.93. The van der Waals surface area contributed by atoms with Crippen LogP contribution in [0.2, 0.25) is 0 Å². The Labute approximate surface area is 56.3 Å². The molecule has 2 atom stereocenters. The molecule has 0 aromatic rings. The van der Waals surface area contributed by atoms with Crippen LogP contribution < -0.4 is 5.32 Å². The smallest absolute Gasteiger partial charge is 0.0515 e. The van der Waals surface area contributed by atoms with E-state index in [0.29, 0.717) is 0 Å². The molecule has 54 valence electrons. The van der Waals surface area contributed by atoms with Gasteiger partial charge < -0.3 is 10.4 Å². The van der Waals surface area contributed by atoms with E-state index in [9.17, 15) is 0 Å². The topological polar surface area (TPSA) is 32.3 Å². The maximum atomic E-state index is 8.98. The summed E-state index contributed by atoms with van der Waals surface area (Å²) in [6.45, 7) is 4.10. The van der Waals surface area contributed by atoms with Crippen molar-refractivity contribution in [1.82, 2.24) is 5.32 Å². The van der Waals surface area contributed by atoms with Crippen molar-refractivity contribution >= 4 is 0 Å². The molecule has 1 unspecified atom stereocenters. The number of nitrogens with one attached hydrogen (secondary N) is 1. The van der Waals surface area contributed by atoms with Crippen molar-refractivity contribution in [2.45, 2.75) is 25.9 Å². The average molecular weight is 129 g/mol. The van der Waals surface area contributed by atoms with Crippen molar-refractivity contribution in [2.75, 3.05) is 13.1 Å². The van der Waals surface area contributed by atoms with Crippen molar-refractivity contribution in [1.29, 1.82) is 0 Å². The van der Waals surface area contributed by atoms with Crippen LogP contribution in [0.4, 0.5) is 0 Å². The molecule has 2 heteroatoms. The van der Waals surface area contributed by atoms with Crippen molar-refractivity contribution in [3.8, 4) is 0 Å². The molecule has 0 aromatic heterocycles. The molecule has 1 rings (SSSR count). The van der Waals surface area contributed by atoms with Gasteiger partial charge in [-0.15, -0.1) is 0 Å². The van der Waals surface area contributed by atoms with Gasteiger partial charge in [-0.05, 0) is 38.8 Å². The number of aliphatic hydroxyl groups excluding tert-OH is 1. The number of hydrogen-bond donors (Lipinski definition) is 2. The maximum Gasteiger partial charge on any atom is 0.0515 e. The fourth-order valence-corrected chi connectivity index (χ4v) is 1.40. The normalized spacial score (nSPS) is 30.7. The summed E-state index contributed by atoms with van der Waals surface area (Å²) in [5, 5.41) is 12.3. The Morgan fingerprint density at radius 3 is 3.00 bits per heavy atom. The molecule has 1 saturated heterocycles. The van der Waals surface area contributed by atoms with Crippen molar-refractivity contribution < 1.29 is 5.11 Å². The molecule has 1 heterocycles. The van der Waals surface area contributed by atoms with Crippen LogP contribution in [-0.4, -0.2) is 24.3 Å². The zero-order chi connectivity index (χ0) is 6.69. The van der Waals surface area contributed by atoms with E-state index in [1.165, 1.54) is 6.42 Å². The number of hydrogen-bond acceptors (Lipinski definition) is 2. The highest BCUT2D eigenvalue weighted by molar-refractivity contribution is 4.72. The fourth-order valence-electron chi connectivity index (χ4n) is 1.40. The van der Waals surface area contributed by atoms with E-state index in [1.54, 1.807) is 0 Å². The Kier molecular flexibility index (Phi) is 2.49. The lowest BCUT2D eigenvalue weighted by molar-refractivity contribution is 0.164. The summed E-state index contributed by atoms with van der Waals surface area (Å²) in [6.07, 6.45) is 2.09. The highest BCUT2D eigenvalue weighted by Gasteiger charge is 2.15. The van der Waals surface area contributed by atoms with Crippen LogP contribution in [-0.2, 0) is 0 Å². The lowest BCUT2D eigenvalue weighted by Gasteiger charge is -2.08. The molecule has 2 N–H and O–H groups in total. The zero-order valence-corrected chi connectivity index (χ0v) is 5.93. The first-order valence-electron chi connectivity index (χ1n) is 3.68. The van der Waals surface area contributed by atoms with Gasteiger partial charge >= 0.3 is 0 Å². The Bertz CT molecular complexity index is 77.0. The van der Waals surface area contributed by atoms with Crippen LogP contribution in [0, 0.1) is 5.92 Å². The maximum absolute atomic E-state index is 8.98. The Morgan fingerprint density at radius 2 is 2.56 bits per heavy atom. The van der Waals surface area contributed by atoms with Crippen LogP contribution in [0.3, 0.4) is 0 Å². The molecule has 1 aliphatic heterocycles. The van der Waals surface area contributed by atoms with E-state index in [1.807, 2.05) is 6.92 Å². The Morgan fingerprint density at radius 1 is 1.78 bits per heavy atom. The minimum atomic E-state index is -0.116. The van der Waals surface area contributed by atoms with Crippen molar-refractivity contribution in [3.05, 3.63) is 0 Å². The van der Waals surface area contributed by atoms with Gasteiger partial charge in [0, 0.05) is 0 Å². The molecule has 2 nitrogen and oxygen atoms in total. The first kappa shape index (κ1) is 7.03. The molecule has 0 bridgehead atoms. The standard InChI is InChI=1S/C7H15NO/c1-6(9)4-7-2-3-8-5-7/h6-9H,2-5H2,1H3/t6?,7-/m0/s1. The van der Waals surface area contributed by atoms with Crippen LogP contribution >= 0.6 is 0 Å². The van der Waals surface area contributed by atoms with Gasteiger partial charge in [0.25, 0.3) is 0 Å². The van der Waals surface area contributed by atoms with Gasteiger partial charge in [-0.3, -0.25) is 0 Å². The minimum absolute atomic E-state index is 0.116. The van der Waals surface area contributed by atoms with Gasteiger partial charge in [0.05, 0.1) is 6.10 Å². The average Bonchev–Trinajstić information content (AvgIpc) is 2.15. The molecule has 0 saturated carbocycles. The summed E-state index contributed by atoms with van der Waals surface area (Å²) >= 11 is 0. The predicted octanol–water partition coefficient (Wildman–Crippen LogP) is 0.367. The lowest BCUT2D eigenvalue weighted by Crippen LogP contribution is -2.13. The van der Waals surface area contributed by atoms with Gasteiger partial charge in [0.1, 0.15) is 0 Å². The fraction of sp³-hybridized carbons (Fsp3) is 1.00.